The van der Waals surface area contributed by atoms with Gasteiger partial charge in [0.25, 0.3) is 5.91 Å². The molecule has 0 radical (unpaired) electrons. The molecule has 0 aromatic carbocycles. The minimum absolute atomic E-state index is 0.181. The number of fused-ring (bicyclic) bond motifs is 1. The Morgan fingerprint density at radius 3 is 2.67 bits per heavy atom. The highest BCUT2D eigenvalue weighted by atomic mass is 32.2. The maximum absolute atomic E-state index is 12.3. The number of ether oxygens (including phenoxy) is 1. The summed E-state index contributed by atoms with van der Waals surface area (Å²) in [6, 6.07) is -0.534. The van der Waals surface area contributed by atoms with Gasteiger partial charge in [-0.05, 0) is 6.42 Å². The van der Waals surface area contributed by atoms with Crippen LogP contribution < -0.4 is 10.0 Å². The highest BCUT2D eigenvalue weighted by Gasteiger charge is 2.64. The second-order valence-electron chi connectivity index (χ2n) is 5.72. The zero-order valence-corrected chi connectivity index (χ0v) is 13.6. The van der Waals surface area contributed by atoms with E-state index in [1.807, 2.05) is 0 Å². The second kappa shape index (κ2) is 5.63. The summed E-state index contributed by atoms with van der Waals surface area (Å²) in [4.78, 5) is 23.0. The van der Waals surface area contributed by atoms with Crippen molar-refractivity contribution in [1.82, 2.24) is 10.0 Å². The van der Waals surface area contributed by atoms with Crippen molar-refractivity contribution in [2.45, 2.75) is 40.5 Å². The molecule has 3 fully saturated rings. The molecule has 1 amide bonds. The predicted molar refractivity (Wildman–Crippen MR) is 77.5 cm³/mol. The monoisotopic (exact) mass is 386 g/mol. The zero-order chi connectivity index (χ0) is 17.9. The Morgan fingerprint density at radius 2 is 2.04 bits per heavy atom. The van der Waals surface area contributed by atoms with Gasteiger partial charge in [0, 0.05) is 10.5 Å². The van der Waals surface area contributed by atoms with Crippen LogP contribution in [0.4, 0.5) is 13.2 Å². The third-order valence-electron chi connectivity index (χ3n) is 4.21. The molecule has 3 saturated heterocycles. The number of hydrogen-bond acceptors (Lipinski definition) is 6. The maximum atomic E-state index is 12.3. The number of halogens is 3. The molecule has 5 atom stereocenters. The number of thioether (sulfide) groups is 1. The number of hydrogen-bond donors (Lipinski definition) is 2. The molecule has 2 N–H and O–H groups in total. The van der Waals surface area contributed by atoms with Gasteiger partial charge >= 0.3 is 12.1 Å². The summed E-state index contributed by atoms with van der Waals surface area (Å²) in [5, 5.41) is 0.912. The molecule has 2 bridgehead atoms. The first-order chi connectivity index (χ1) is 11.0. The van der Waals surface area contributed by atoms with Gasteiger partial charge in [0.15, 0.2) is 0 Å². The molecule has 3 aliphatic heterocycles. The third kappa shape index (κ3) is 2.90. The first-order valence-electron chi connectivity index (χ1n) is 6.91. The average molecular weight is 386 g/mol. The van der Waals surface area contributed by atoms with E-state index in [4.69, 9.17) is 4.74 Å². The van der Waals surface area contributed by atoms with Gasteiger partial charge < -0.3 is 10.1 Å². The maximum Gasteiger partial charge on any atom is 0.421 e. The molecule has 5 unspecified atom stereocenters. The van der Waals surface area contributed by atoms with Crippen molar-refractivity contribution < 1.29 is 35.9 Å². The van der Waals surface area contributed by atoms with Crippen LogP contribution in [0.2, 0.25) is 0 Å². The molecule has 0 aliphatic carbocycles. The molecule has 0 saturated carbocycles. The lowest BCUT2D eigenvalue weighted by Gasteiger charge is -2.24. The molecule has 3 aliphatic rings. The Balaban J connectivity index is 1.54. The second-order valence-corrected chi connectivity index (χ2v) is 9.07. The molecular formula is C12H13F3N2O5S2. The van der Waals surface area contributed by atoms with Gasteiger partial charge in [-0.25, -0.2) is 13.1 Å². The first-order valence-corrected chi connectivity index (χ1v) is 9.40. The van der Waals surface area contributed by atoms with E-state index in [0.717, 1.165) is 0 Å². The van der Waals surface area contributed by atoms with Crippen molar-refractivity contribution in [3.05, 3.63) is 12.2 Å². The van der Waals surface area contributed by atoms with Crippen LogP contribution in [0.5, 0.6) is 0 Å². The molecular weight excluding hydrogens is 373 g/mol. The average Bonchev–Trinajstić information content (AvgIpc) is 3.07. The van der Waals surface area contributed by atoms with E-state index in [0.29, 0.717) is 6.42 Å². The molecule has 134 valence electrons. The molecule has 0 aromatic rings. The number of carbonyl (C=O) groups is 2. The predicted octanol–water partition coefficient (Wildman–Crippen LogP) is -0.309. The largest absolute Gasteiger partial charge is 0.458 e. The summed E-state index contributed by atoms with van der Waals surface area (Å²) in [5.74, 6) is -2.44. The highest BCUT2D eigenvalue weighted by Crippen LogP contribution is 2.53. The number of rotatable bonds is 4. The molecule has 0 aromatic heterocycles. The van der Waals surface area contributed by atoms with E-state index < -0.39 is 57.6 Å². The lowest BCUT2D eigenvalue weighted by Crippen LogP contribution is -2.46. The number of nitrogens with one attached hydrogen (secondary N) is 2. The van der Waals surface area contributed by atoms with E-state index in [1.54, 1.807) is 5.32 Å². The topological polar surface area (TPSA) is 102 Å². The number of amides is 1. The van der Waals surface area contributed by atoms with Gasteiger partial charge in [0.1, 0.15) is 18.2 Å². The molecule has 3 rings (SSSR count). The van der Waals surface area contributed by atoms with Gasteiger partial charge in [0.05, 0.1) is 11.3 Å². The van der Waals surface area contributed by atoms with E-state index >= 15 is 0 Å². The van der Waals surface area contributed by atoms with Crippen molar-refractivity contribution in [3.63, 3.8) is 0 Å². The van der Waals surface area contributed by atoms with Crippen molar-refractivity contribution in [1.29, 1.82) is 0 Å². The van der Waals surface area contributed by atoms with E-state index in [-0.39, 0.29) is 10.5 Å². The number of sulfonamides is 1. The molecule has 24 heavy (non-hydrogen) atoms. The summed E-state index contributed by atoms with van der Waals surface area (Å²) in [5.41, 5.74) is -1.61. The van der Waals surface area contributed by atoms with Gasteiger partial charge in [-0.1, -0.05) is 6.58 Å². The van der Waals surface area contributed by atoms with Crippen LogP contribution in [0.3, 0.4) is 0 Å². The minimum atomic E-state index is -4.88. The van der Waals surface area contributed by atoms with Crippen LogP contribution in [-0.4, -0.2) is 60.9 Å². The van der Waals surface area contributed by atoms with Gasteiger partial charge in [0.2, 0.25) is 10.0 Å². The Kier molecular flexibility index (Phi) is 4.12. The fourth-order valence-corrected chi connectivity index (χ4v) is 7.54. The molecule has 3 heterocycles. The lowest BCUT2D eigenvalue weighted by molar-refractivity contribution is -0.150. The Bertz CT molecular complexity index is 708. The Labute approximate surface area is 139 Å². The fraction of sp³-hybridized carbons (Fsp3) is 0.667. The van der Waals surface area contributed by atoms with Crippen LogP contribution in [0.25, 0.3) is 0 Å². The summed E-state index contributed by atoms with van der Waals surface area (Å²) in [6.45, 7) is 1.86. The van der Waals surface area contributed by atoms with Crippen LogP contribution in [0.1, 0.15) is 6.42 Å². The Hall–Kier alpha value is -1.27. The molecule has 7 nitrogen and oxygen atoms in total. The standard InChI is InChI=1S/C12H13F3N2O5S2/c1-4(12(13,14)15)11(19)16-3-7(18)22-9-5-2-6-10(23-5)8(9)17-24(6,20)21/h5-6,8-10,17H,1-3H2,(H,16,19). The van der Waals surface area contributed by atoms with Crippen LogP contribution in [0.15, 0.2) is 12.2 Å². The Morgan fingerprint density at radius 1 is 1.38 bits per heavy atom. The SMILES string of the molecule is C=C(C(=O)NCC(=O)OC1C2CC3C(S2)C1NS3(=O)=O)C(F)(F)F. The number of esters is 1. The smallest absolute Gasteiger partial charge is 0.421 e. The normalized spacial score (nSPS) is 35.7. The van der Waals surface area contributed by atoms with E-state index in [2.05, 4.69) is 11.3 Å². The van der Waals surface area contributed by atoms with E-state index in [1.165, 1.54) is 11.8 Å². The van der Waals surface area contributed by atoms with Gasteiger partial charge in [-0.15, -0.1) is 11.8 Å². The van der Waals surface area contributed by atoms with Crippen molar-refractivity contribution in [2.24, 2.45) is 0 Å². The van der Waals surface area contributed by atoms with Gasteiger partial charge in [-0.3, -0.25) is 9.59 Å². The summed E-state index contributed by atoms with van der Waals surface area (Å²) in [7, 11) is -3.42. The number of alkyl halides is 3. The van der Waals surface area contributed by atoms with Crippen molar-refractivity contribution in [2.75, 3.05) is 6.54 Å². The van der Waals surface area contributed by atoms with Crippen LogP contribution in [0, 0.1) is 0 Å². The van der Waals surface area contributed by atoms with Crippen molar-refractivity contribution >= 4 is 33.7 Å². The zero-order valence-electron chi connectivity index (χ0n) is 12.0. The lowest BCUT2D eigenvalue weighted by atomic mass is 9.93. The summed E-state index contributed by atoms with van der Waals surface area (Å²) < 4.78 is 68.2. The highest BCUT2D eigenvalue weighted by molar-refractivity contribution is 8.03. The first kappa shape index (κ1) is 17.5. The van der Waals surface area contributed by atoms with Crippen molar-refractivity contribution in [3.8, 4) is 0 Å². The van der Waals surface area contributed by atoms with Gasteiger partial charge in [-0.2, -0.15) is 13.2 Å². The minimum Gasteiger partial charge on any atom is -0.458 e. The number of carbonyl (C=O) groups excluding carboxylic acids is 2. The molecule has 12 heteroatoms. The summed E-state index contributed by atoms with van der Waals surface area (Å²) >= 11 is 1.43. The quantitative estimate of drug-likeness (QED) is 0.508. The van der Waals surface area contributed by atoms with E-state index in [9.17, 15) is 31.2 Å². The summed E-state index contributed by atoms with van der Waals surface area (Å²) in [6.07, 6.45) is -5.22. The fourth-order valence-electron chi connectivity index (χ4n) is 3.10. The molecule has 0 spiro atoms. The van der Waals surface area contributed by atoms with Crippen LogP contribution >= 0.6 is 11.8 Å². The third-order valence-corrected chi connectivity index (χ3v) is 8.02. The van der Waals surface area contributed by atoms with Crippen LogP contribution in [-0.2, 0) is 24.3 Å².